The highest BCUT2D eigenvalue weighted by Gasteiger charge is 2.46. The van der Waals surface area contributed by atoms with Crippen molar-refractivity contribution in [3.05, 3.63) is 11.6 Å². The number of allylic oxidation sites excluding steroid dienone is 2. The van der Waals surface area contributed by atoms with Crippen LogP contribution in [0.4, 0.5) is 0 Å². The molecule has 3 aliphatic rings. The van der Waals surface area contributed by atoms with Gasteiger partial charge in [-0.2, -0.15) is 0 Å². The van der Waals surface area contributed by atoms with Gasteiger partial charge in [0.25, 0.3) is 0 Å². The molecule has 2 saturated heterocycles. The summed E-state index contributed by atoms with van der Waals surface area (Å²) in [6.07, 6.45) is -9.21. The zero-order chi connectivity index (χ0) is 26.1. The minimum atomic E-state index is -1.56. The molecule has 0 unspecified atom stereocenters. The smallest absolute Gasteiger partial charge is 0.186 e. The molecule has 0 amide bonds. The van der Waals surface area contributed by atoms with E-state index in [1.807, 2.05) is 13.8 Å². The van der Waals surface area contributed by atoms with E-state index >= 15 is 0 Å². The molecule has 0 aromatic heterocycles. The van der Waals surface area contributed by atoms with E-state index < -0.39 is 55.3 Å². The molecule has 1 aliphatic carbocycles. The van der Waals surface area contributed by atoms with Crippen LogP contribution in [0.3, 0.4) is 0 Å². The predicted molar refractivity (Wildman–Crippen MR) is 121 cm³/mol. The van der Waals surface area contributed by atoms with Crippen molar-refractivity contribution < 1.29 is 54.4 Å². The molecule has 0 aromatic rings. The van der Waals surface area contributed by atoms with Crippen molar-refractivity contribution >= 4 is 5.78 Å². The summed E-state index contributed by atoms with van der Waals surface area (Å²) in [4.78, 5) is 11.9. The van der Waals surface area contributed by atoms with Gasteiger partial charge in [-0.15, -0.1) is 0 Å². The maximum absolute atomic E-state index is 11.9. The van der Waals surface area contributed by atoms with Gasteiger partial charge in [-0.3, -0.25) is 4.79 Å². The fourth-order valence-electron chi connectivity index (χ4n) is 5.19. The quantitative estimate of drug-likeness (QED) is 0.239. The summed E-state index contributed by atoms with van der Waals surface area (Å²) < 4.78 is 22.1. The zero-order valence-electron chi connectivity index (χ0n) is 20.7. The molecule has 11 nitrogen and oxygen atoms in total. The molecule has 0 radical (unpaired) electrons. The van der Waals surface area contributed by atoms with Crippen LogP contribution in [0.15, 0.2) is 11.6 Å². The molecule has 2 heterocycles. The minimum Gasteiger partial charge on any atom is -0.388 e. The third kappa shape index (κ3) is 6.67. The van der Waals surface area contributed by atoms with Crippen molar-refractivity contribution in [2.75, 3.05) is 13.2 Å². The van der Waals surface area contributed by atoms with E-state index in [1.54, 1.807) is 6.08 Å². The van der Waals surface area contributed by atoms with Gasteiger partial charge in [-0.25, -0.2) is 0 Å². The van der Waals surface area contributed by atoms with E-state index in [0.29, 0.717) is 12.8 Å². The van der Waals surface area contributed by atoms with Crippen molar-refractivity contribution in [2.45, 2.75) is 108 Å². The number of aliphatic hydroxyl groups is 6. The summed E-state index contributed by atoms with van der Waals surface area (Å²) in [5, 5.41) is 60.4. The molecular weight excluding hydrogens is 464 g/mol. The second-order valence-corrected chi connectivity index (χ2v) is 10.7. The van der Waals surface area contributed by atoms with Gasteiger partial charge in [0.1, 0.15) is 42.7 Å². The first kappa shape index (κ1) is 28.6. The van der Waals surface area contributed by atoms with Crippen LogP contribution in [0, 0.1) is 11.3 Å². The number of hydrogen-bond donors (Lipinski definition) is 6. The second kappa shape index (κ2) is 11.6. The highest BCUT2D eigenvalue weighted by Crippen LogP contribution is 2.42. The summed E-state index contributed by atoms with van der Waals surface area (Å²) in [5.74, 6) is 0.331. The van der Waals surface area contributed by atoms with Crippen LogP contribution in [-0.2, 0) is 23.7 Å². The summed E-state index contributed by atoms with van der Waals surface area (Å²) in [7, 11) is 0. The molecule has 35 heavy (non-hydrogen) atoms. The van der Waals surface area contributed by atoms with Crippen molar-refractivity contribution in [2.24, 2.45) is 11.3 Å². The lowest BCUT2D eigenvalue weighted by atomic mass is 9.66. The van der Waals surface area contributed by atoms with Crippen molar-refractivity contribution in [1.82, 2.24) is 0 Å². The van der Waals surface area contributed by atoms with Crippen molar-refractivity contribution in [1.29, 1.82) is 0 Å². The third-order valence-electron chi connectivity index (χ3n) is 7.29. The summed E-state index contributed by atoms with van der Waals surface area (Å²) >= 11 is 0. The van der Waals surface area contributed by atoms with Crippen LogP contribution in [0.5, 0.6) is 0 Å². The molecule has 2 fully saturated rings. The summed E-state index contributed by atoms with van der Waals surface area (Å²) in [6.45, 7) is 7.33. The first-order chi connectivity index (χ1) is 16.3. The lowest BCUT2D eigenvalue weighted by Crippen LogP contribution is -2.60. The zero-order valence-corrected chi connectivity index (χ0v) is 20.7. The number of carbonyl (C=O) groups is 1. The Kier molecular flexibility index (Phi) is 9.47. The van der Waals surface area contributed by atoms with Crippen LogP contribution in [0.25, 0.3) is 0 Å². The lowest BCUT2D eigenvalue weighted by molar-refractivity contribution is -0.327. The van der Waals surface area contributed by atoms with Crippen LogP contribution in [0.2, 0.25) is 0 Å². The normalized spacial score (nSPS) is 43.0. The molecule has 0 saturated carbocycles. The number of rotatable bonds is 8. The van der Waals surface area contributed by atoms with Gasteiger partial charge in [-0.05, 0) is 44.1 Å². The van der Waals surface area contributed by atoms with Gasteiger partial charge in [0.15, 0.2) is 18.4 Å². The Bertz CT molecular complexity index is 756. The number of ether oxygens (including phenoxy) is 4. The molecule has 0 aromatic carbocycles. The Morgan fingerprint density at radius 3 is 2.34 bits per heavy atom. The Labute approximate surface area is 205 Å². The molecule has 11 heteroatoms. The fourth-order valence-corrected chi connectivity index (χ4v) is 5.19. The van der Waals surface area contributed by atoms with Gasteiger partial charge in [-0.1, -0.05) is 19.4 Å². The monoisotopic (exact) mass is 504 g/mol. The van der Waals surface area contributed by atoms with Gasteiger partial charge < -0.3 is 49.6 Å². The number of aliphatic hydroxyl groups excluding tert-OH is 6. The third-order valence-corrected chi connectivity index (χ3v) is 7.29. The van der Waals surface area contributed by atoms with Crippen molar-refractivity contribution in [3.8, 4) is 0 Å². The van der Waals surface area contributed by atoms with E-state index in [0.717, 1.165) is 12.0 Å². The molecule has 2 aliphatic heterocycles. The van der Waals surface area contributed by atoms with Gasteiger partial charge in [0.05, 0.1) is 19.3 Å². The summed E-state index contributed by atoms with van der Waals surface area (Å²) in [6, 6.07) is 0. The highest BCUT2D eigenvalue weighted by molar-refractivity contribution is 5.91. The Morgan fingerprint density at radius 2 is 1.69 bits per heavy atom. The molecular formula is C24H40O11. The van der Waals surface area contributed by atoms with E-state index in [9.17, 15) is 35.4 Å². The van der Waals surface area contributed by atoms with E-state index in [1.165, 1.54) is 0 Å². The van der Waals surface area contributed by atoms with Gasteiger partial charge in [0.2, 0.25) is 0 Å². The minimum absolute atomic E-state index is 0.129. The maximum atomic E-state index is 11.9. The van der Waals surface area contributed by atoms with Crippen LogP contribution < -0.4 is 0 Å². The number of hydrogen-bond acceptors (Lipinski definition) is 11. The van der Waals surface area contributed by atoms with Crippen LogP contribution in [0.1, 0.15) is 47.0 Å². The second-order valence-electron chi connectivity index (χ2n) is 10.7. The van der Waals surface area contributed by atoms with Crippen LogP contribution >= 0.6 is 0 Å². The van der Waals surface area contributed by atoms with Crippen LogP contribution in [-0.4, -0.2) is 111 Å². The van der Waals surface area contributed by atoms with Crippen molar-refractivity contribution in [3.63, 3.8) is 0 Å². The largest absolute Gasteiger partial charge is 0.388 e. The SMILES string of the molecule is CC1=CC(=O)CC(C)(C)[C@H]1CC[C@H](C)O[C@@H]1O[C@H](CO[C@@H]2OC[C@@H](O)[C@H](O)[C@H]2O)[C@@H](O)[C@H](O)[C@H]1O. The van der Waals surface area contributed by atoms with Gasteiger partial charge >= 0.3 is 0 Å². The first-order valence-corrected chi connectivity index (χ1v) is 12.2. The number of ketones is 1. The molecule has 0 bridgehead atoms. The number of carbonyl (C=O) groups excluding carboxylic acids is 1. The predicted octanol–water partition coefficient (Wildman–Crippen LogP) is -1.00. The fraction of sp³-hybridized carbons (Fsp3) is 0.875. The average Bonchev–Trinajstić information content (AvgIpc) is 2.76. The standard InChI is InChI=1S/C24H40O11/c1-11-7-13(25)8-24(3,4)14(11)6-5-12(2)34-23-21(31)19(29)18(28)16(35-23)10-33-22-20(30)17(27)15(26)9-32-22/h7,12,14-23,26-31H,5-6,8-10H2,1-4H3/t12-,14-,15+,16+,17-,18+,19-,20+,21+,22-,23+/m0/s1. The first-order valence-electron chi connectivity index (χ1n) is 12.2. The highest BCUT2D eigenvalue weighted by atomic mass is 16.7. The average molecular weight is 505 g/mol. The molecule has 202 valence electrons. The van der Waals surface area contributed by atoms with Gasteiger partial charge in [0, 0.05) is 6.42 Å². The molecule has 0 spiro atoms. The topological polar surface area (TPSA) is 175 Å². The van der Waals surface area contributed by atoms with E-state index in [4.69, 9.17) is 18.9 Å². The molecule has 11 atom stereocenters. The Hall–Kier alpha value is -0.990. The maximum Gasteiger partial charge on any atom is 0.186 e. The molecule has 6 N–H and O–H groups in total. The summed E-state index contributed by atoms with van der Waals surface area (Å²) in [5.41, 5.74) is 0.863. The van der Waals surface area contributed by atoms with E-state index in [2.05, 4.69) is 13.8 Å². The van der Waals surface area contributed by atoms with E-state index in [-0.39, 0.29) is 36.4 Å². The Morgan fingerprint density at radius 1 is 1.03 bits per heavy atom. The molecule has 3 rings (SSSR count). The lowest BCUT2D eigenvalue weighted by Gasteiger charge is -2.42. The Balaban J connectivity index is 1.55.